The summed E-state index contributed by atoms with van der Waals surface area (Å²) < 4.78 is 30.7. The van der Waals surface area contributed by atoms with Crippen LogP contribution in [-0.4, -0.2) is 33.2 Å². The smallest absolute Gasteiger partial charge is 0.273 e. The normalized spacial score (nSPS) is 21.3. The second kappa shape index (κ2) is 7.16. The molecule has 2 aliphatic heterocycles. The molecule has 2 aliphatic rings. The first-order chi connectivity index (χ1) is 14.6. The Labute approximate surface area is 171 Å². The third-order valence-electron chi connectivity index (χ3n) is 6.03. The van der Waals surface area contributed by atoms with Crippen LogP contribution in [0.5, 0.6) is 0 Å². The highest BCUT2D eigenvalue weighted by Crippen LogP contribution is 2.45. The van der Waals surface area contributed by atoms with E-state index in [2.05, 4.69) is 11.2 Å². The topological polar surface area (TPSA) is 55.2 Å². The van der Waals surface area contributed by atoms with E-state index in [4.69, 9.17) is 0 Å². The van der Waals surface area contributed by atoms with Gasteiger partial charge in [-0.05, 0) is 24.5 Å². The maximum Gasteiger partial charge on any atom is 0.273 e. The molecule has 1 radical (unpaired) electrons. The highest BCUT2D eigenvalue weighted by Gasteiger charge is 2.47. The van der Waals surface area contributed by atoms with Crippen LogP contribution in [0.2, 0.25) is 0 Å². The van der Waals surface area contributed by atoms with Gasteiger partial charge in [-0.25, -0.2) is 8.78 Å². The van der Waals surface area contributed by atoms with Crippen LogP contribution in [0.1, 0.15) is 46.4 Å². The average molecular weight is 406 g/mol. The van der Waals surface area contributed by atoms with Gasteiger partial charge in [-0.2, -0.15) is 5.10 Å². The van der Waals surface area contributed by atoms with Gasteiger partial charge in [-0.15, -0.1) is 0 Å². The van der Waals surface area contributed by atoms with Crippen LogP contribution in [-0.2, 0) is 0 Å². The molecule has 0 N–H and O–H groups in total. The lowest BCUT2D eigenvalue weighted by Gasteiger charge is -2.42. The summed E-state index contributed by atoms with van der Waals surface area (Å²) in [4.78, 5) is 26.6. The number of carbonyl (C=O) groups is 1. The molecular weight excluding hydrogens is 388 g/mol. The Balaban J connectivity index is 1.78. The molecule has 0 spiro atoms. The minimum Gasteiger partial charge on any atom is -0.332 e. The first-order valence-electron chi connectivity index (χ1n) is 9.87. The Hall–Kier alpha value is -3.35. The van der Waals surface area contributed by atoms with Crippen LogP contribution < -0.4 is 5.43 Å². The monoisotopic (exact) mass is 406 g/mol. The van der Waals surface area contributed by atoms with E-state index < -0.39 is 29.0 Å². The van der Waals surface area contributed by atoms with Crippen molar-refractivity contribution in [3.8, 4) is 0 Å². The van der Waals surface area contributed by atoms with Gasteiger partial charge in [0.05, 0.1) is 24.3 Å². The molecule has 5 rings (SSSR count). The molecular formula is C23H18F2N3O2. The average Bonchev–Trinajstić information content (AvgIpc) is 3.24. The van der Waals surface area contributed by atoms with Gasteiger partial charge in [0, 0.05) is 18.0 Å². The lowest BCUT2D eigenvalue weighted by atomic mass is 9.79. The number of hydrogen-bond donors (Lipinski definition) is 0. The Bertz CT molecular complexity index is 1180. The summed E-state index contributed by atoms with van der Waals surface area (Å²) in [6.07, 6.45) is 2.61. The standard InChI is InChI=1S/C23H18F2N3O2/c24-17-9-4-8-16(21(17)25)20(14-6-2-1-3-7-14)22-18-10-5-11-27(18)23(30)19-12-15(29)13-26-28(19)22/h1-4,6-9,13,18,20,22H,5,10-11H2/t18-,20-,22-/m1/s1. The molecule has 0 saturated carbocycles. The molecule has 1 amide bonds. The van der Waals surface area contributed by atoms with Crippen molar-refractivity contribution in [2.75, 3.05) is 6.54 Å². The summed E-state index contributed by atoms with van der Waals surface area (Å²) >= 11 is 0. The van der Waals surface area contributed by atoms with E-state index in [9.17, 15) is 14.0 Å². The van der Waals surface area contributed by atoms with Crippen molar-refractivity contribution >= 4 is 5.91 Å². The minimum atomic E-state index is -0.928. The second-order valence-electron chi connectivity index (χ2n) is 7.66. The second-order valence-corrected chi connectivity index (χ2v) is 7.66. The molecule has 3 aromatic rings. The highest BCUT2D eigenvalue weighted by atomic mass is 19.2. The Kier molecular flexibility index (Phi) is 4.46. The molecule has 0 unspecified atom stereocenters. The van der Waals surface area contributed by atoms with Crippen molar-refractivity contribution in [1.82, 2.24) is 14.7 Å². The van der Waals surface area contributed by atoms with Crippen molar-refractivity contribution < 1.29 is 13.6 Å². The van der Waals surface area contributed by atoms with Crippen molar-refractivity contribution in [1.29, 1.82) is 0 Å². The summed E-state index contributed by atoms with van der Waals surface area (Å²) in [7, 11) is 0. The number of rotatable bonds is 3. The van der Waals surface area contributed by atoms with E-state index in [1.54, 1.807) is 11.0 Å². The number of amides is 1. The Morgan fingerprint density at radius 1 is 1.07 bits per heavy atom. The molecule has 0 bridgehead atoms. The number of fused-ring (bicyclic) bond motifs is 2. The molecule has 30 heavy (non-hydrogen) atoms. The van der Waals surface area contributed by atoms with Crippen molar-refractivity contribution in [3.63, 3.8) is 0 Å². The summed E-state index contributed by atoms with van der Waals surface area (Å²) in [6, 6.07) is 15.2. The molecule has 3 heterocycles. The molecule has 1 saturated heterocycles. The van der Waals surface area contributed by atoms with Gasteiger partial charge >= 0.3 is 0 Å². The predicted molar refractivity (Wildman–Crippen MR) is 105 cm³/mol. The fraction of sp³-hybridized carbons (Fsp3) is 0.261. The van der Waals surface area contributed by atoms with Gasteiger partial charge in [0.25, 0.3) is 5.91 Å². The third kappa shape index (κ3) is 2.84. The largest absolute Gasteiger partial charge is 0.332 e. The zero-order chi connectivity index (χ0) is 20.8. The van der Waals surface area contributed by atoms with Crippen LogP contribution in [0.4, 0.5) is 8.78 Å². The Morgan fingerprint density at radius 3 is 2.67 bits per heavy atom. The van der Waals surface area contributed by atoms with E-state index in [0.717, 1.165) is 24.2 Å². The van der Waals surface area contributed by atoms with E-state index in [1.807, 2.05) is 30.3 Å². The van der Waals surface area contributed by atoms with E-state index in [-0.39, 0.29) is 23.2 Å². The van der Waals surface area contributed by atoms with Crippen LogP contribution in [0.25, 0.3) is 0 Å². The van der Waals surface area contributed by atoms with Crippen molar-refractivity contribution in [2.45, 2.75) is 30.8 Å². The summed E-state index contributed by atoms with van der Waals surface area (Å²) in [6.45, 7) is 0.546. The van der Waals surface area contributed by atoms with Gasteiger partial charge in [-0.3, -0.25) is 14.3 Å². The number of carbonyl (C=O) groups excluding carboxylic acids is 1. The molecule has 7 heteroatoms. The van der Waals surface area contributed by atoms with Crippen LogP contribution >= 0.6 is 0 Å². The highest BCUT2D eigenvalue weighted by molar-refractivity contribution is 5.93. The summed E-state index contributed by atoms with van der Waals surface area (Å²) in [5.74, 6) is -2.75. The fourth-order valence-corrected chi connectivity index (χ4v) is 4.80. The molecule has 3 atom stereocenters. The fourth-order valence-electron chi connectivity index (χ4n) is 4.80. The van der Waals surface area contributed by atoms with Crippen molar-refractivity contribution in [2.24, 2.45) is 0 Å². The van der Waals surface area contributed by atoms with Gasteiger partial charge in [-0.1, -0.05) is 42.5 Å². The van der Waals surface area contributed by atoms with Gasteiger partial charge in [0.15, 0.2) is 11.6 Å². The van der Waals surface area contributed by atoms with Crippen LogP contribution in [0.15, 0.2) is 59.5 Å². The van der Waals surface area contributed by atoms with E-state index in [0.29, 0.717) is 13.0 Å². The molecule has 5 nitrogen and oxygen atoms in total. The lowest BCUT2D eigenvalue weighted by molar-refractivity contribution is 0.0570. The number of halogens is 2. The van der Waals surface area contributed by atoms with E-state index >= 15 is 4.39 Å². The molecule has 2 aromatic carbocycles. The van der Waals surface area contributed by atoms with Crippen LogP contribution in [0.3, 0.4) is 0 Å². The number of benzene rings is 2. The lowest BCUT2D eigenvalue weighted by Crippen LogP contribution is -2.51. The summed E-state index contributed by atoms with van der Waals surface area (Å²) in [5.41, 5.74) is 0.543. The number of aromatic nitrogens is 2. The van der Waals surface area contributed by atoms with Gasteiger partial charge in [0.1, 0.15) is 5.69 Å². The van der Waals surface area contributed by atoms with Gasteiger partial charge in [0.2, 0.25) is 5.43 Å². The summed E-state index contributed by atoms with van der Waals surface area (Å²) in [5, 5.41) is 4.24. The zero-order valence-electron chi connectivity index (χ0n) is 16.0. The predicted octanol–water partition coefficient (Wildman–Crippen LogP) is 3.31. The maximum atomic E-state index is 15.0. The number of nitrogens with zero attached hydrogens (tertiary/aromatic N) is 3. The minimum absolute atomic E-state index is 0.0587. The van der Waals surface area contributed by atoms with Crippen molar-refractivity contribution in [3.05, 3.63) is 99.5 Å². The Morgan fingerprint density at radius 2 is 1.87 bits per heavy atom. The SMILES string of the molecule is O=C1c2[c]c(=O)cnn2[C@@H]([C@H](c2ccccc2)c2cccc(F)c2F)[C@H]2CCCN12. The molecule has 1 aromatic heterocycles. The molecule has 0 aliphatic carbocycles. The molecule has 1 fully saturated rings. The van der Waals surface area contributed by atoms with E-state index in [1.165, 1.54) is 10.7 Å². The molecule has 151 valence electrons. The first kappa shape index (κ1) is 18.7. The third-order valence-corrected chi connectivity index (χ3v) is 6.03. The first-order valence-corrected chi connectivity index (χ1v) is 9.87. The van der Waals surface area contributed by atoms with Crippen LogP contribution in [0, 0.1) is 17.7 Å². The maximum absolute atomic E-state index is 15.0. The quantitative estimate of drug-likeness (QED) is 0.671. The number of hydrogen-bond acceptors (Lipinski definition) is 3. The van der Waals surface area contributed by atoms with Gasteiger partial charge < -0.3 is 4.90 Å². The zero-order valence-corrected chi connectivity index (χ0v) is 16.0.